The summed E-state index contributed by atoms with van der Waals surface area (Å²) in [6.07, 6.45) is 38.1. The molecule has 118 heavy (non-hydrogen) atoms. The van der Waals surface area contributed by atoms with Crippen molar-refractivity contribution in [1.29, 1.82) is 10.8 Å². The zero-order valence-electron chi connectivity index (χ0n) is 64.3. The van der Waals surface area contributed by atoms with Crippen molar-refractivity contribution < 1.29 is 0 Å². The summed E-state index contributed by atoms with van der Waals surface area (Å²) in [4.78, 5) is 54.5. The first kappa shape index (κ1) is 85.4. The van der Waals surface area contributed by atoms with Crippen molar-refractivity contribution in [1.82, 2.24) is 87.2 Å². The molecule has 0 unspecified atom stereocenters. The Labute approximate surface area is 734 Å². The fourth-order valence-electron chi connectivity index (χ4n) is 12.7. The largest absolute Gasteiger partial charge is 0.382 e. The second kappa shape index (κ2) is 39.4. The fourth-order valence-corrected chi connectivity index (χ4v) is 19.0. The molecule has 16 rings (SSSR count). The molecule has 596 valence electrons. The number of nitrogens with one attached hydrogen (secondary N) is 4. The number of anilines is 2. The van der Waals surface area contributed by atoms with E-state index < -0.39 is 0 Å². The zero-order chi connectivity index (χ0) is 83.3. The number of H-pyrrole nitrogens is 2. The van der Waals surface area contributed by atoms with Gasteiger partial charge in [0.05, 0.1) is 33.7 Å². The standard InChI is InChI=1S/2C26H23BrN6S.2C17H15Cl2N5S/c1-3-4-5-11-33-16-29-24(28)22-25(33)31-26(30-22)34-21-14-20(27)13-19-10-12-32(23(19)21)15-18-8-6-17(2)7-9-18;1-3-4-5-11-33-25-22(24(28)29-16-30-25)31-26(33)34-21-14-20(27)13-19-10-12-32(23(19)21)15-18-8-6-17(2)7-9-18;1-3-4-5-8-24-9-21-15(20)14-16(24)23-17(22-14)25-12-7-6-11(18)10(2)13(12)19;1-3-4-5-8-24-16-14(15(20)21-9-22-16)23-17(24)25-12-7-6-11(18)10(2)13(12)19/h1,6-10,12-14,16,28H,4-5,11,15H2,2H3,(H,30,31);1,6-10,12-14,16H,4-5,11,15H2,2H3,(H2,28,29,30);1,6-7,9,20H,4-5,8H2,2H3,(H,22,23);1,6-7,9H,4-5,8H2,2H3,(H2,20,21,22). The van der Waals surface area contributed by atoms with Crippen molar-refractivity contribution in [2.45, 2.75) is 159 Å². The van der Waals surface area contributed by atoms with E-state index in [1.807, 2.05) is 51.8 Å². The maximum absolute atomic E-state index is 8.23. The molecule has 16 aromatic rings. The quantitative estimate of drug-likeness (QED) is 0.0242. The molecule has 10 heterocycles. The lowest BCUT2D eigenvalue weighted by Gasteiger charge is -2.12. The Hall–Kier alpha value is -10.4. The van der Waals surface area contributed by atoms with Crippen LogP contribution in [0.4, 0.5) is 11.6 Å². The van der Waals surface area contributed by atoms with E-state index in [1.54, 1.807) is 36.2 Å². The van der Waals surface area contributed by atoms with Gasteiger partial charge >= 0.3 is 0 Å². The van der Waals surface area contributed by atoms with Gasteiger partial charge in [0.1, 0.15) is 23.7 Å². The minimum absolute atomic E-state index is 0.154. The Balaban J connectivity index is 0.000000138. The van der Waals surface area contributed by atoms with Crippen LogP contribution in [0.3, 0.4) is 0 Å². The maximum Gasteiger partial charge on any atom is 0.175 e. The summed E-state index contributed by atoms with van der Waals surface area (Å²) in [7, 11) is 0. The van der Waals surface area contributed by atoms with Crippen LogP contribution in [0.5, 0.6) is 0 Å². The van der Waals surface area contributed by atoms with E-state index in [0.29, 0.717) is 122 Å². The van der Waals surface area contributed by atoms with Gasteiger partial charge in [0, 0.05) is 127 Å². The molecule has 0 aliphatic heterocycles. The Morgan fingerprint density at radius 1 is 0.441 bits per heavy atom. The van der Waals surface area contributed by atoms with Crippen LogP contribution in [-0.4, -0.2) is 87.2 Å². The number of halogens is 6. The molecule has 0 aliphatic carbocycles. The summed E-state index contributed by atoms with van der Waals surface area (Å²) < 4.78 is 14.5. The van der Waals surface area contributed by atoms with Crippen molar-refractivity contribution in [3.63, 3.8) is 0 Å². The third-order valence-electron chi connectivity index (χ3n) is 18.8. The first-order valence-corrected chi connectivity index (χ1v) is 43.4. The van der Waals surface area contributed by atoms with Crippen LogP contribution >= 0.6 is 125 Å². The number of hydrogen-bond donors (Lipinski definition) is 6. The number of terminal acetylenes is 4. The second-order valence-corrected chi connectivity index (χ2v) is 34.6. The van der Waals surface area contributed by atoms with Gasteiger partial charge < -0.3 is 48.8 Å². The van der Waals surface area contributed by atoms with Gasteiger partial charge in [0.25, 0.3) is 0 Å². The molecular formula is C86H76Br2Cl4N22S4. The summed E-state index contributed by atoms with van der Waals surface area (Å²) >= 11 is 38.4. The molecule has 6 aromatic carbocycles. The van der Waals surface area contributed by atoms with Gasteiger partial charge in [0.15, 0.2) is 76.9 Å². The molecule has 0 saturated carbocycles. The number of aryl methyl sites for hydroxylation is 6. The average Bonchev–Trinajstić information content (AvgIpc) is 1.64. The van der Waals surface area contributed by atoms with Crippen LogP contribution in [0.25, 0.3) is 66.5 Å². The van der Waals surface area contributed by atoms with Crippen LogP contribution < -0.4 is 22.4 Å². The van der Waals surface area contributed by atoms with Gasteiger partial charge in [-0.05, 0) is 172 Å². The Kier molecular flexibility index (Phi) is 28.5. The molecule has 0 atom stereocenters. The van der Waals surface area contributed by atoms with Crippen LogP contribution in [-0.2, 0) is 39.3 Å². The Morgan fingerprint density at radius 3 is 1.24 bits per heavy atom. The molecule has 0 fully saturated rings. The number of nitrogen functional groups attached to an aromatic ring is 2. The number of aromatic nitrogens is 18. The Morgan fingerprint density at radius 2 is 0.822 bits per heavy atom. The first-order chi connectivity index (χ1) is 57.1. The van der Waals surface area contributed by atoms with Crippen LogP contribution in [0.1, 0.15) is 84.7 Å². The highest BCUT2D eigenvalue weighted by Gasteiger charge is 2.23. The lowest BCUT2D eigenvalue weighted by atomic mass is 10.1. The van der Waals surface area contributed by atoms with E-state index in [9.17, 15) is 0 Å². The second-order valence-electron chi connectivity index (χ2n) is 27.2. The van der Waals surface area contributed by atoms with Gasteiger partial charge in [-0.3, -0.25) is 10.8 Å². The first-order valence-electron chi connectivity index (χ1n) is 37.0. The Bertz CT molecular complexity index is 6710. The maximum atomic E-state index is 8.23. The minimum atomic E-state index is 0.154. The van der Waals surface area contributed by atoms with Crippen LogP contribution in [0, 0.1) is 87.9 Å². The predicted octanol–water partition coefficient (Wildman–Crippen LogP) is 20.9. The molecule has 0 radical (unpaired) electrons. The molecule has 0 amide bonds. The number of hydrogen-bond acceptors (Lipinski definition) is 18. The molecule has 0 spiro atoms. The predicted molar refractivity (Wildman–Crippen MR) is 486 cm³/mol. The molecule has 0 saturated heterocycles. The van der Waals surface area contributed by atoms with Gasteiger partial charge in [0.2, 0.25) is 0 Å². The van der Waals surface area contributed by atoms with Crippen molar-refractivity contribution in [3.8, 4) is 49.4 Å². The van der Waals surface area contributed by atoms with Gasteiger partial charge in [-0.15, -0.1) is 49.4 Å². The summed E-state index contributed by atoms with van der Waals surface area (Å²) in [5, 5.41) is 23.9. The number of rotatable bonds is 24. The van der Waals surface area contributed by atoms with Gasteiger partial charge in [-0.1, -0.05) is 150 Å². The minimum Gasteiger partial charge on any atom is -0.382 e. The summed E-state index contributed by atoms with van der Waals surface area (Å²) in [6.45, 7) is 12.3. The third-order valence-corrected chi connectivity index (χ3v) is 25.7. The highest BCUT2D eigenvalue weighted by molar-refractivity contribution is 9.10. The lowest BCUT2D eigenvalue weighted by Crippen LogP contribution is -2.12. The smallest absolute Gasteiger partial charge is 0.175 e. The molecule has 10 aromatic heterocycles. The lowest BCUT2D eigenvalue weighted by molar-refractivity contribution is 0.615. The van der Waals surface area contributed by atoms with E-state index in [4.69, 9.17) is 104 Å². The van der Waals surface area contributed by atoms with E-state index >= 15 is 0 Å². The van der Waals surface area contributed by atoms with Crippen LogP contribution in [0.2, 0.25) is 20.1 Å². The van der Waals surface area contributed by atoms with Crippen molar-refractivity contribution in [2.24, 2.45) is 0 Å². The summed E-state index contributed by atoms with van der Waals surface area (Å²) in [6, 6.07) is 37.5. The number of aromatic amines is 2. The molecule has 22 nitrogen and oxygen atoms in total. The fraction of sp³-hybridized carbons (Fsp3) is 0.209. The van der Waals surface area contributed by atoms with E-state index in [1.165, 1.54) is 63.8 Å². The van der Waals surface area contributed by atoms with Gasteiger partial charge in [-0.25, -0.2) is 49.8 Å². The number of fused-ring (bicyclic) bond motifs is 6. The van der Waals surface area contributed by atoms with E-state index in [2.05, 4.69) is 230 Å². The summed E-state index contributed by atoms with van der Waals surface area (Å²) in [5.74, 6) is 11.4. The molecule has 0 aliphatic rings. The highest BCUT2D eigenvalue weighted by atomic mass is 79.9. The summed E-state index contributed by atoms with van der Waals surface area (Å²) in [5.41, 5.74) is 26.7. The van der Waals surface area contributed by atoms with Crippen molar-refractivity contribution in [2.75, 3.05) is 11.5 Å². The third kappa shape index (κ3) is 20.1. The normalized spacial score (nSPS) is 11.2. The SMILES string of the molecule is C#CCCCn1c(Sc2cc(Br)cc3ccn(Cc4ccc(C)cc4)c23)nc2c(N)ncnc21.C#CCCCn1c(Sc2ccc(Cl)c(C)c2Cl)nc2c(N)ncnc21.C#CCCCn1cnc(=N)c2[nH]c(Sc3cc(Br)cc4ccn(Cc5ccc(C)cc5)c34)nc21.C#CCCCn1cnc(=N)c2[nH]c(Sc3ccc(Cl)c(C)c3Cl)nc21. The van der Waals surface area contributed by atoms with Crippen LogP contribution in [0.15, 0.2) is 196 Å². The number of unbranched alkanes of at least 4 members (excludes halogenated alkanes) is 4. The van der Waals surface area contributed by atoms with Crippen molar-refractivity contribution >= 4 is 203 Å². The molecule has 32 heteroatoms. The van der Waals surface area contributed by atoms with E-state index in [0.717, 1.165) is 122 Å². The average molecular weight is 1850 g/mol. The highest BCUT2D eigenvalue weighted by Crippen LogP contribution is 2.43. The molecule has 8 N–H and O–H groups in total. The zero-order valence-corrected chi connectivity index (χ0v) is 73.7. The van der Waals surface area contributed by atoms with Crippen molar-refractivity contribution in [3.05, 3.63) is 220 Å². The van der Waals surface area contributed by atoms with E-state index in [-0.39, 0.29) is 11.0 Å². The monoisotopic (exact) mass is 1840 g/mol. The molecular weight excluding hydrogens is 1770 g/mol. The van der Waals surface area contributed by atoms with Gasteiger partial charge in [-0.2, -0.15) is 0 Å². The number of nitrogens with two attached hydrogens (primary N) is 2. The number of benzene rings is 6. The number of nitrogens with zero attached hydrogens (tertiary/aromatic N) is 16. The molecule has 0 bridgehead atoms. The number of imidazole rings is 4. The topological polar surface area (TPSA) is 290 Å².